The number of esters is 1. The molecule has 0 unspecified atom stereocenters. The molecule has 1 N–H and O–H groups in total. The van der Waals surface area contributed by atoms with Gasteiger partial charge in [0.15, 0.2) is 6.23 Å². The summed E-state index contributed by atoms with van der Waals surface area (Å²) in [6, 6.07) is 4.81. The van der Waals surface area contributed by atoms with Gasteiger partial charge in [0.25, 0.3) is 0 Å². The van der Waals surface area contributed by atoms with Gasteiger partial charge in [0.2, 0.25) is 5.91 Å². The van der Waals surface area contributed by atoms with E-state index in [-0.39, 0.29) is 11.7 Å². The van der Waals surface area contributed by atoms with Gasteiger partial charge in [0.05, 0.1) is 11.3 Å². The Morgan fingerprint density at radius 2 is 2.08 bits per heavy atom. The maximum atomic E-state index is 14.6. The van der Waals surface area contributed by atoms with E-state index >= 15 is 0 Å². The van der Waals surface area contributed by atoms with Gasteiger partial charge in [-0.15, -0.1) is 0 Å². The Kier molecular flexibility index (Phi) is 4.80. The number of amides is 1. The van der Waals surface area contributed by atoms with Crippen LogP contribution in [0, 0.1) is 5.82 Å². The molecule has 1 aromatic carbocycles. The normalized spacial score (nSPS) is 21.0. The fraction of sp³-hybridized carbons (Fsp3) is 0.412. The third-order valence-electron chi connectivity index (χ3n) is 4.14. The van der Waals surface area contributed by atoms with Gasteiger partial charge in [-0.3, -0.25) is 4.79 Å². The van der Waals surface area contributed by atoms with Gasteiger partial charge in [0.1, 0.15) is 5.82 Å². The number of carbonyl (C=O) groups is 2. The number of hydrogen-bond donors (Lipinski definition) is 1. The van der Waals surface area contributed by atoms with Crippen molar-refractivity contribution in [1.29, 1.82) is 0 Å². The Labute approximate surface area is 144 Å². The van der Waals surface area contributed by atoms with Crippen LogP contribution in [0.4, 0.5) is 10.1 Å². The zero-order valence-electron chi connectivity index (χ0n) is 13.6. The molecule has 1 atom stereocenters. The zero-order valence-corrected chi connectivity index (χ0v) is 14.4. The predicted molar refractivity (Wildman–Crippen MR) is 92.2 cm³/mol. The first-order chi connectivity index (χ1) is 11.5. The first-order valence-corrected chi connectivity index (χ1v) is 8.94. The molecule has 24 heavy (non-hydrogen) atoms. The van der Waals surface area contributed by atoms with Crippen molar-refractivity contribution in [2.24, 2.45) is 0 Å². The number of hydrogen-bond acceptors (Lipinski definition) is 5. The fourth-order valence-corrected chi connectivity index (χ4v) is 3.84. The molecular weight excluding hydrogens is 331 g/mol. The number of ether oxygens (including phenoxy) is 1. The molecule has 1 aromatic rings. The highest BCUT2D eigenvalue weighted by molar-refractivity contribution is 7.99. The van der Waals surface area contributed by atoms with Gasteiger partial charge in [-0.2, -0.15) is 11.8 Å². The van der Waals surface area contributed by atoms with Crippen molar-refractivity contribution in [3.05, 3.63) is 35.2 Å². The summed E-state index contributed by atoms with van der Waals surface area (Å²) in [5, 5.41) is 2.56. The SMILES string of the molecule is CC(=O)N[C@@H]1OC(=O)C(c2ccc(N3CCSCC3)c(F)c2)=C1C. The monoisotopic (exact) mass is 350 g/mol. The minimum atomic E-state index is -0.785. The van der Waals surface area contributed by atoms with Crippen LogP contribution in [0.15, 0.2) is 23.8 Å². The second kappa shape index (κ2) is 6.84. The van der Waals surface area contributed by atoms with E-state index in [1.54, 1.807) is 19.1 Å². The smallest absolute Gasteiger partial charge is 0.341 e. The Balaban J connectivity index is 1.89. The number of rotatable bonds is 3. The Bertz CT molecular complexity index is 714. The van der Waals surface area contributed by atoms with E-state index in [9.17, 15) is 14.0 Å². The number of halogens is 1. The molecular formula is C17H19FN2O3S. The lowest BCUT2D eigenvalue weighted by Gasteiger charge is -2.28. The highest BCUT2D eigenvalue weighted by Gasteiger charge is 2.33. The second-order valence-corrected chi connectivity index (χ2v) is 7.03. The van der Waals surface area contributed by atoms with Crippen molar-refractivity contribution >= 4 is 34.9 Å². The van der Waals surface area contributed by atoms with Crippen molar-refractivity contribution in [1.82, 2.24) is 5.32 Å². The summed E-state index contributed by atoms with van der Waals surface area (Å²) in [6.07, 6.45) is -0.785. The van der Waals surface area contributed by atoms with Gasteiger partial charge in [0, 0.05) is 37.1 Å². The zero-order chi connectivity index (χ0) is 17.3. The van der Waals surface area contributed by atoms with Crippen molar-refractivity contribution in [3.8, 4) is 0 Å². The number of cyclic esters (lactones) is 1. The maximum Gasteiger partial charge on any atom is 0.341 e. The van der Waals surface area contributed by atoms with Crippen LogP contribution < -0.4 is 10.2 Å². The number of benzene rings is 1. The van der Waals surface area contributed by atoms with Crippen molar-refractivity contribution in [3.63, 3.8) is 0 Å². The highest BCUT2D eigenvalue weighted by Crippen LogP contribution is 2.32. The summed E-state index contributed by atoms with van der Waals surface area (Å²) in [7, 11) is 0. The lowest BCUT2D eigenvalue weighted by Crippen LogP contribution is -2.34. The molecule has 0 radical (unpaired) electrons. The lowest BCUT2D eigenvalue weighted by molar-refractivity contribution is -0.140. The van der Waals surface area contributed by atoms with Crippen LogP contribution in [-0.2, 0) is 14.3 Å². The minimum Gasteiger partial charge on any atom is -0.434 e. The summed E-state index contributed by atoms with van der Waals surface area (Å²) in [5.41, 5.74) is 1.92. The average Bonchev–Trinajstić information content (AvgIpc) is 2.81. The summed E-state index contributed by atoms with van der Waals surface area (Å²) >= 11 is 1.86. The molecule has 0 aliphatic carbocycles. The molecule has 0 bridgehead atoms. The topological polar surface area (TPSA) is 58.6 Å². The fourth-order valence-electron chi connectivity index (χ4n) is 2.94. The summed E-state index contributed by atoms with van der Waals surface area (Å²) < 4.78 is 19.7. The Morgan fingerprint density at radius 1 is 1.38 bits per heavy atom. The first kappa shape index (κ1) is 16.8. The van der Waals surface area contributed by atoms with Crippen molar-refractivity contribution < 1.29 is 18.7 Å². The molecule has 1 amide bonds. The highest BCUT2D eigenvalue weighted by atomic mass is 32.2. The molecule has 5 nitrogen and oxygen atoms in total. The Hall–Kier alpha value is -2.02. The number of thioether (sulfide) groups is 1. The third kappa shape index (κ3) is 3.26. The van der Waals surface area contributed by atoms with E-state index < -0.39 is 12.2 Å². The standard InChI is InChI=1S/C17H19FN2O3S/c1-10-15(17(22)23-16(10)19-11(2)21)12-3-4-14(13(18)9-12)20-5-7-24-8-6-20/h3-4,9,16H,5-8H2,1-2H3,(H,19,21)/t16-/m1/s1. The first-order valence-electron chi connectivity index (χ1n) is 7.79. The van der Waals surface area contributed by atoms with Crippen LogP contribution in [-0.4, -0.2) is 42.7 Å². The molecule has 0 spiro atoms. The summed E-state index contributed by atoms with van der Waals surface area (Å²) in [6.45, 7) is 4.68. The number of anilines is 1. The quantitative estimate of drug-likeness (QED) is 0.847. The van der Waals surface area contributed by atoms with Gasteiger partial charge in [-0.25, -0.2) is 9.18 Å². The van der Waals surface area contributed by atoms with Crippen LogP contribution in [0.1, 0.15) is 19.4 Å². The van der Waals surface area contributed by atoms with E-state index in [2.05, 4.69) is 5.32 Å². The second-order valence-electron chi connectivity index (χ2n) is 5.81. The maximum absolute atomic E-state index is 14.6. The van der Waals surface area contributed by atoms with Crippen molar-refractivity contribution in [2.75, 3.05) is 29.5 Å². The molecule has 2 aliphatic rings. The molecule has 0 saturated carbocycles. The average molecular weight is 350 g/mol. The Morgan fingerprint density at radius 3 is 2.71 bits per heavy atom. The molecule has 1 saturated heterocycles. The number of nitrogens with zero attached hydrogens (tertiary/aromatic N) is 1. The molecule has 2 aliphatic heterocycles. The molecule has 128 valence electrons. The van der Waals surface area contributed by atoms with Crippen LogP contribution in [0.2, 0.25) is 0 Å². The molecule has 0 aromatic heterocycles. The van der Waals surface area contributed by atoms with E-state index in [1.807, 2.05) is 16.7 Å². The number of carbonyl (C=O) groups excluding carboxylic acids is 2. The summed E-state index contributed by atoms with van der Waals surface area (Å²) in [4.78, 5) is 25.3. The van der Waals surface area contributed by atoms with E-state index in [0.29, 0.717) is 22.4 Å². The van der Waals surface area contributed by atoms with Gasteiger partial charge < -0.3 is 15.0 Å². The largest absolute Gasteiger partial charge is 0.434 e. The molecule has 2 heterocycles. The van der Waals surface area contributed by atoms with E-state index in [1.165, 1.54) is 13.0 Å². The summed E-state index contributed by atoms with van der Waals surface area (Å²) in [5.74, 6) is 0.771. The third-order valence-corrected chi connectivity index (χ3v) is 5.08. The van der Waals surface area contributed by atoms with Crippen LogP contribution in [0.25, 0.3) is 5.57 Å². The van der Waals surface area contributed by atoms with Gasteiger partial charge in [-0.05, 0) is 24.6 Å². The lowest BCUT2D eigenvalue weighted by atomic mass is 10.0. The predicted octanol–water partition coefficient (Wildman–Crippen LogP) is 2.17. The molecule has 7 heteroatoms. The van der Waals surface area contributed by atoms with Gasteiger partial charge >= 0.3 is 5.97 Å². The van der Waals surface area contributed by atoms with Gasteiger partial charge in [-0.1, -0.05) is 6.07 Å². The van der Waals surface area contributed by atoms with Crippen LogP contribution in [0.3, 0.4) is 0 Å². The van der Waals surface area contributed by atoms with E-state index in [0.717, 1.165) is 24.6 Å². The van der Waals surface area contributed by atoms with E-state index in [4.69, 9.17) is 4.74 Å². The number of nitrogens with one attached hydrogen (secondary N) is 1. The molecule has 1 fully saturated rings. The van der Waals surface area contributed by atoms with Crippen LogP contribution >= 0.6 is 11.8 Å². The van der Waals surface area contributed by atoms with Crippen LogP contribution in [0.5, 0.6) is 0 Å². The molecule has 3 rings (SSSR count). The van der Waals surface area contributed by atoms with Crippen molar-refractivity contribution in [2.45, 2.75) is 20.1 Å². The minimum absolute atomic E-state index is 0.294.